The Labute approximate surface area is 108 Å². The van der Waals surface area contributed by atoms with Crippen LogP contribution < -0.4 is 9.47 Å². The zero-order valence-electron chi connectivity index (χ0n) is 11.4. The largest absolute Gasteiger partial charge is 0.497 e. The monoisotopic (exact) mass is 248 g/mol. The van der Waals surface area contributed by atoms with Gasteiger partial charge >= 0.3 is 5.97 Å². The van der Waals surface area contributed by atoms with E-state index in [0.29, 0.717) is 5.75 Å². The van der Waals surface area contributed by atoms with Crippen LogP contribution in [0.4, 0.5) is 0 Å². The Morgan fingerprint density at radius 1 is 1.44 bits per heavy atom. The van der Waals surface area contributed by atoms with Crippen LogP contribution in [0, 0.1) is 5.92 Å². The van der Waals surface area contributed by atoms with Gasteiger partial charge in [0.05, 0.1) is 13.0 Å². The lowest BCUT2D eigenvalue weighted by Crippen LogP contribution is -2.17. The van der Waals surface area contributed by atoms with Crippen LogP contribution in [0.3, 0.4) is 0 Å². The molecule has 1 rings (SSSR count). The van der Waals surface area contributed by atoms with Crippen LogP contribution in [-0.2, 0) is 4.79 Å². The Kier molecular flexibility index (Phi) is 5.43. The first-order chi connectivity index (χ1) is 8.62. The average Bonchev–Trinajstić information content (AvgIpc) is 2.39. The predicted octanol–water partition coefficient (Wildman–Crippen LogP) is 3.68. The van der Waals surface area contributed by atoms with Crippen molar-refractivity contribution in [2.75, 3.05) is 7.11 Å². The summed E-state index contributed by atoms with van der Waals surface area (Å²) in [5.41, 5.74) is 0.841. The van der Waals surface area contributed by atoms with E-state index in [9.17, 15) is 4.79 Å². The molecule has 0 heterocycles. The van der Waals surface area contributed by atoms with Gasteiger partial charge in [-0.3, -0.25) is 4.79 Å². The third kappa shape index (κ3) is 3.62. The maximum absolute atomic E-state index is 11.8. The van der Waals surface area contributed by atoms with Crippen molar-refractivity contribution < 1.29 is 14.3 Å². The van der Waals surface area contributed by atoms with E-state index in [0.717, 1.165) is 17.7 Å². The van der Waals surface area contributed by atoms with Gasteiger partial charge < -0.3 is 9.47 Å². The topological polar surface area (TPSA) is 35.5 Å². The molecule has 0 radical (unpaired) electrons. The molecular weight excluding hydrogens is 228 g/mol. The molecule has 0 saturated heterocycles. The molecule has 0 unspecified atom stereocenters. The summed E-state index contributed by atoms with van der Waals surface area (Å²) in [7, 11) is 1.61. The molecule has 98 valence electrons. The van der Waals surface area contributed by atoms with Crippen molar-refractivity contribution in [3.8, 4) is 11.5 Å². The van der Waals surface area contributed by atoms with Crippen molar-refractivity contribution >= 4 is 12.0 Å². The number of hydrogen-bond donors (Lipinski definition) is 0. The minimum atomic E-state index is -0.201. The number of carbonyl (C=O) groups is 1. The van der Waals surface area contributed by atoms with E-state index in [1.54, 1.807) is 19.2 Å². The molecule has 3 heteroatoms. The Morgan fingerprint density at radius 3 is 2.72 bits per heavy atom. The standard InChI is InChI=1S/C15H20O3/c1-5-7-12-10-13(17-4)8-9-14(12)18-15(16)11(3)6-2/h5,7-11H,6H2,1-4H3/b7-5+/t11-/m0/s1. The van der Waals surface area contributed by atoms with Crippen LogP contribution in [0.1, 0.15) is 32.8 Å². The maximum Gasteiger partial charge on any atom is 0.314 e. The molecule has 0 saturated carbocycles. The molecule has 3 nitrogen and oxygen atoms in total. The van der Waals surface area contributed by atoms with Crippen LogP contribution in [0.2, 0.25) is 0 Å². The van der Waals surface area contributed by atoms with Crippen molar-refractivity contribution in [2.24, 2.45) is 5.92 Å². The number of ether oxygens (including phenoxy) is 2. The van der Waals surface area contributed by atoms with Crippen LogP contribution in [0.5, 0.6) is 11.5 Å². The molecule has 1 aromatic rings. The molecule has 0 amide bonds. The molecule has 0 aliphatic rings. The first-order valence-corrected chi connectivity index (χ1v) is 6.14. The van der Waals surface area contributed by atoms with Crippen LogP contribution in [0.25, 0.3) is 6.08 Å². The average molecular weight is 248 g/mol. The number of hydrogen-bond acceptors (Lipinski definition) is 3. The molecular formula is C15H20O3. The van der Waals surface area contributed by atoms with Crippen molar-refractivity contribution in [3.63, 3.8) is 0 Å². The molecule has 0 bridgehead atoms. The molecule has 0 aromatic heterocycles. The quantitative estimate of drug-likeness (QED) is 0.589. The lowest BCUT2D eigenvalue weighted by atomic mass is 10.1. The Morgan fingerprint density at radius 2 is 2.17 bits per heavy atom. The second-order valence-corrected chi connectivity index (χ2v) is 4.13. The van der Waals surface area contributed by atoms with E-state index in [1.807, 2.05) is 39.0 Å². The van der Waals surface area contributed by atoms with Crippen molar-refractivity contribution in [1.82, 2.24) is 0 Å². The predicted molar refractivity (Wildman–Crippen MR) is 72.8 cm³/mol. The summed E-state index contributed by atoms with van der Waals surface area (Å²) in [4.78, 5) is 11.8. The number of benzene rings is 1. The number of esters is 1. The van der Waals surface area contributed by atoms with Gasteiger partial charge in [-0.15, -0.1) is 0 Å². The number of allylic oxidation sites excluding steroid dienone is 1. The summed E-state index contributed by atoms with van der Waals surface area (Å²) in [5.74, 6) is 1.02. The lowest BCUT2D eigenvalue weighted by Gasteiger charge is -2.12. The lowest BCUT2D eigenvalue weighted by molar-refractivity contribution is -0.138. The minimum Gasteiger partial charge on any atom is -0.497 e. The summed E-state index contributed by atoms with van der Waals surface area (Å²) >= 11 is 0. The van der Waals surface area contributed by atoms with Gasteiger partial charge in [0.25, 0.3) is 0 Å². The molecule has 0 fully saturated rings. The van der Waals surface area contributed by atoms with Crippen LogP contribution in [0.15, 0.2) is 24.3 Å². The number of methoxy groups -OCH3 is 1. The summed E-state index contributed by atoms with van der Waals surface area (Å²) in [6, 6.07) is 5.39. The highest BCUT2D eigenvalue weighted by Gasteiger charge is 2.14. The highest BCUT2D eigenvalue weighted by Crippen LogP contribution is 2.26. The van der Waals surface area contributed by atoms with Crippen molar-refractivity contribution in [1.29, 1.82) is 0 Å². The highest BCUT2D eigenvalue weighted by molar-refractivity contribution is 5.76. The molecule has 0 aliphatic heterocycles. The van der Waals surface area contributed by atoms with Crippen molar-refractivity contribution in [2.45, 2.75) is 27.2 Å². The Hall–Kier alpha value is -1.77. The molecule has 18 heavy (non-hydrogen) atoms. The van der Waals surface area contributed by atoms with Gasteiger partial charge in [0.1, 0.15) is 11.5 Å². The summed E-state index contributed by atoms with van der Waals surface area (Å²) in [5, 5.41) is 0. The van der Waals surface area contributed by atoms with E-state index in [4.69, 9.17) is 9.47 Å². The van der Waals surface area contributed by atoms with Gasteiger partial charge in [-0.05, 0) is 31.5 Å². The van der Waals surface area contributed by atoms with E-state index in [1.165, 1.54) is 0 Å². The van der Waals surface area contributed by atoms with Crippen LogP contribution >= 0.6 is 0 Å². The number of carbonyl (C=O) groups excluding carboxylic acids is 1. The van der Waals surface area contributed by atoms with Gasteiger partial charge in [-0.1, -0.05) is 26.0 Å². The van der Waals surface area contributed by atoms with E-state index >= 15 is 0 Å². The third-order valence-corrected chi connectivity index (χ3v) is 2.79. The molecule has 1 aromatic carbocycles. The first-order valence-electron chi connectivity index (χ1n) is 6.14. The molecule has 0 N–H and O–H groups in total. The zero-order valence-corrected chi connectivity index (χ0v) is 11.4. The fraction of sp³-hybridized carbons (Fsp3) is 0.400. The van der Waals surface area contributed by atoms with Gasteiger partial charge in [0, 0.05) is 5.56 Å². The highest BCUT2D eigenvalue weighted by atomic mass is 16.5. The first kappa shape index (κ1) is 14.3. The second kappa shape index (κ2) is 6.84. The fourth-order valence-electron chi connectivity index (χ4n) is 1.43. The SMILES string of the molecule is C/C=C/c1cc(OC)ccc1OC(=O)[C@@H](C)CC. The second-order valence-electron chi connectivity index (χ2n) is 4.13. The summed E-state index contributed by atoms with van der Waals surface area (Å²) in [6.45, 7) is 5.74. The smallest absolute Gasteiger partial charge is 0.314 e. The number of rotatable bonds is 5. The van der Waals surface area contributed by atoms with Gasteiger partial charge in [-0.25, -0.2) is 0 Å². The zero-order chi connectivity index (χ0) is 13.5. The fourth-order valence-corrected chi connectivity index (χ4v) is 1.43. The van der Waals surface area contributed by atoms with Gasteiger partial charge in [0.2, 0.25) is 0 Å². The summed E-state index contributed by atoms with van der Waals surface area (Å²) in [6.07, 6.45) is 4.56. The van der Waals surface area contributed by atoms with Crippen molar-refractivity contribution in [3.05, 3.63) is 29.8 Å². The Bertz CT molecular complexity index is 435. The normalized spacial score (nSPS) is 12.4. The molecule has 1 atom stereocenters. The Balaban J connectivity index is 2.97. The third-order valence-electron chi connectivity index (χ3n) is 2.79. The van der Waals surface area contributed by atoms with Crippen LogP contribution in [-0.4, -0.2) is 13.1 Å². The van der Waals surface area contributed by atoms with Gasteiger partial charge in [-0.2, -0.15) is 0 Å². The summed E-state index contributed by atoms with van der Waals surface area (Å²) < 4.78 is 10.6. The maximum atomic E-state index is 11.8. The van der Waals surface area contributed by atoms with Gasteiger partial charge in [0.15, 0.2) is 0 Å². The van der Waals surface area contributed by atoms with E-state index in [2.05, 4.69) is 0 Å². The molecule has 0 spiro atoms. The minimum absolute atomic E-state index is 0.0921. The van der Waals surface area contributed by atoms with E-state index in [-0.39, 0.29) is 11.9 Å². The molecule has 0 aliphatic carbocycles. The van der Waals surface area contributed by atoms with E-state index < -0.39 is 0 Å².